The lowest BCUT2D eigenvalue weighted by molar-refractivity contribution is -0.131. The summed E-state index contributed by atoms with van der Waals surface area (Å²) in [7, 11) is 1.65. The number of amides is 2. The third-order valence-electron chi connectivity index (χ3n) is 6.25. The van der Waals surface area contributed by atoms with Crippen LogP contribution in [0.1, 0.15) is 18.4 Å². The fourth-order valence-corrected chi connectivity index (χ4v) is 4.34. The van der Waals surface area contributed by atoms with Crippen LogP contribution in [0.5, 0.6) is 0 Å². The van der Waals surface area contributed by atoms with Crippen LogP contribution in [-0.2, 0) is 9.59 Å². The SMILES string of the molecule is CNC(=O)C1CCN(C(=O)C=Cc2cn(-c3ccccc3)nc2-c2cc3ccccc3o2)CC1. The van der Waals surface area contributed by atoms with Crippen molar-refractivity contribution in [2.75, 3.05) is 20.1 Å². The molecule has 172 valence electrons. The molecule has 4 aromatic rings. The lowest BCUT2D eigenvalue weighted by Crippen LogP contribution is -2.41. The third-order valence-corrected chi connectivity index (χ3v) is 6.25. The third kappa shape index (κ3) is 4.37. The van der Waals surface area contributed by atoms with E-state index in [1.54, 1.807) is 28.8 Å². The summed E-state index contributed by atoms with van der Waals surface area (Å²) in [6, 6.07) is 19.6. The lowest BCUT2D eigenvalue weighted by Gasteiger charge is -2.30. The zero-order valence-electron chi connectivity index (χ0n) is 19.0. The molecule has 2 amide bonds. The van der Waals surface area contributed by atoms with E-state index in [1.165, 1.54) is 0 Å². The van der Waals surface area contributed by atoms with Gasteiger partial charge in [-0.3, -0.25) is 9.59 Å². The van der Waals surface area contributed by atoms with Crippen molar-refractivity contribution in [1.82, 2.24) is 20.0 Å². The summed E-state index contributed by atoms with van der Waals surface area (Å²) >= 11 is 0. The van der Waals surface area contributed by atoms with Gasteiger partial charge in [-0.05, 0) is 43.2 Å². The molecule has 5 rings (SSSR count). The number of rotatable bonds is 5. The van der Waals surface area contributed by atoms with E-state index in [-0.39, 0.29) is 17.7 Å². The van der Waals surface area contributed by atoms with Gasteiger partial charge in [-0.2, -0.15) is 5.10 Å². The predicted molar refractivity (Wildman–Crippen MR) is 131 cm³/mol. The van der Waals surface area contributed by atoms with Gasteiger partial charge in [0.05, 0.1) is 5.69 Å². The Morgan fingerprint density at radius 1 is 1.06 bits per heavy atom. The van der Waals surface area contributed by atoms with Crippen LogP contribution in [0.2, 0.25) is 0 Å². The Kier molecular flexibility index (Phi) is 5.99. The first-order valence-corrected chi connectivity index (χ1v) is 11.4. The first-order chi connectivity index (χ1) is 16.6. The molecule has 7 heteroatoms. The first kappa shape index (κ1) is 21.7. The van der Waals surface area contributed by atoms with Gasteiger partial charge in [0.1, 0.15) is 11.3 Å². The Morgan fingerprint density at radius 2 is 1.79 bits per heavy atom. The maximum absolute atomic E-state index is 12.9. The first-order valence-electron chi connectivity index (χ1n) is 11.4. The van der Waals surface area contributed by atoms with Crippen molar-refractivity contribution in [3.05, 3.63) is 78.5 Å². The molecule has 1 aliphatic rings. The average Bonchev–Trinajstić information content (AvgIpc) is 3.51. The predicted octanol–water partition coefficient (Wildman–Crippen LogP) is 4.28. The molecule has 1 N–H and O–H groups in total. The zero-order valence-corrected chi connectivity index (χ0v) is 19.0. The van der Waals surface area contributed by atoms with Crippen LogP contribution in [0.3, 0.4) is 0 Å². The van der Waals surface area contributed by atoms with Crippen molar-refractivity contribution >= 4 is 28.9 Å². The molecule has 1 saturated heterocycles. The molecule has 0 spiro atoms. The molecule has 0 aliphatic carbocycles. The highest BCUT2D eigenvalue weighted by atomic mass is 16.3. The summed E-state index contributed by atoms with van der Waals surface area (Å²) in [6.45, 7) is 1.14. The topological polar surface area (TPSA) is 80.4 Å². The highest BCUT2D eigenvalue weighted by Gasteiger charge is 2.26. The molecule has 34 heavy (non-hydrogen) atoms. The molecular weight excluding hydrogens is 428 g/mol. The Hall–Kier alpha value is -4.13. The van der Waals surface area contributed by atoms with E-state index in [1.807, 2.05) is 66.9 Å². The maximum atomic E-state index is 12.9. The summed E-state index contributed by atoms with van der Waals surface area (Å²) in [5.41, 5.74) is 3.16. The number of carbonyl (C=O) groups is 2. The summed E-state index contributed by atoms with van der Waals surface area (Å²) in [5, 5.41) is 8.47. The smallest absolute Gasteiger partial charge is 0.246 e. The van der Waals surface area contributed by atoms with E-state index >= 15 is 0 Å². The van der Waals surface area contributed by atoms with Gasteiger partial charge in [-0.25, -0.2) is 4.68 Å². The summed E-state index contributed by atoms with van der Waals surface area (Å²) < 4.78 is 7.86. The molecule has 2 aromatic carbocycles. The Morgan fingerprint density at radius 3 is 2.53 bits per heavy atom. The Balaban J connectivity index is 1.42. The number of carbonyl (C=O) groups excluding carboxylic acids is 2. The normalized spacial score (nSPS) is 14.7. The molecule has 0 unspecified atom stereocenters. The Labute approximate surface area is 197 Å². The van der Waals surface area contributed by atoms with E-state index in [0.29, 0.717) is 37.4 Å². The molecule has 3 heterocycles. The molecule has 0 bridgehead atoms. The highest BCUT2D eigenvalue weighted by molar-refractivity contribution is 5.93. The fraction of sp³-hybridized carbons (Fsp3) is 0.222. The van der Waals surface area contributed by atoms with E-state index in [0.717, 1.165) is 22.2 Å². The largest absolute Gasteiger partial charge is 0.454 e. The van der Waals surface area contributed by atoms with Gasteiger partial charge >= 0.3 is 0 Å². The molecule has 1 fully saturated rings. The van der Waals surface area contributed by atoms with Gasteiger partial charge in [0.2, 0.25) is 11.8 Å². The quantitative estimate of drug-likeness (QED) is 0.457. The van der Waals surface area contributed by atoms with Crippen LogP contribution in [0.15, 0.2) is 77.4 Å². The molecule has 0 atom stereocenters. The van der Waals surface area contributed by atoms with Gasteiger partial charge in [-0.15, -0.1) is 0 Å². The number of nitrogens with zero attached hydrogens (tertiary/aromatic N) is 3. The van der Waals surface area contributed by atoms with Crippen LogP contribution in [-0.4, -0.2) is 46.6 Å². The van der Waals surface area contributed by atoms with Crippen molar-refractivity contribution in [3.63, 3.8) is 0 Å². The average molecular weight is 455 g/mol. The minimum absolute atomic E-state index is 0.0261. The van der Waals surface area contributed by atoms with E-state index in [2.05, 4.69) is 5.32 Å². The number of hydrogen-bond donors (Lipinski definition) is 1. The standard InChI is InChI=1S/C27H26N4O3/c1-28-27(33)19-13-15-30(16-14-19)25(32)12-11-21-18-31(22-8-3-2-4-9-22)29-26(21)24-17-20-7-5-6-10-23(20)34-24/h2-12,17-19H,13-16H2,1H3,(H,28,33). The molecule has 2 aromatic heterocycles. The van der Waals surface area contributed by atoms with Crippen molar-refractivity contribution < 1.29 is 14.0 Å². The number of piperidine rings is 1. The number of furan rings is 1. The number of hydrogen-bond acceptors (Lipinski definition) is 4. The van der Waals surface area contributed by atoms with Crippen molar-refractivity contribution in [3.8, 4) is 17.1 Å². The van der Waals surface area contributed by atoms with Crippen LogP contribution < -0.4 is 5.32 Å². The number of likely N-dealkylation sites (tertiary alicyclic amines) is 1. The van der Waals surface area contributed by atoms with Crippen molar-refractivity contribution in [1.29, 1.82) is 0 Å². The fourth-order valence-electron chi connectivity index (χ4n) is 4.34. The van der Waals surface area contributed by atoms with Crippen LogP contribution in [0.4, 0.5) is 0 Å². The molecular formula is C27H26N4O3. The zero-order chi connectivity index (χ0) is 23.5. The highest BCUT2D eigenvalue weighted by Crippen LogP contribution is 2.30. The van der Waals surface area contributed by atoms with Gasteiger partial charge in [0.15, 0.2) is 5.76 Å². The van der Waals surface area contributed by atoms with Crippen LogP contribution in [0.25, 0.3) is 34.2 Å². The van der Waals surface area contributed by atoms with E-state index in [4.69, 9.17) is 9.52 Å². The second-order valence-electron chi connectivity index (χ2n) is 8.41. The van der Waals surface area contributed by atoms with E-state index < -0.39 is 0 Å². The minimum atomic E-state index is -0.0710. The molecule has 0 saturated carbocycles. The van der Waals surface area contributed by atoms with Crippen molar-refractivity contribution in [2.24, 2.45) is 5.92 Å². The number of nitrogens with one attached hydrogen (secondary N) is 1. The maximum Gasteiger partial charge on any atom is 0.246 e. The van der Waals surface area contributed by atoms with Gasteiger partial charge in [0, 0.05) is 49.3 Å². The van der Waals surface area contributed by atoms with Crippen LogP contribution in [0, 0.1) is 5.92 Å². The van der Waals surface area contributed by atoms with Gasteiger partial charge < -0.3 is 14.6 Å². The summed E-state index contributed by atoms with van der Waals surface area (Å²) in [5.74, 6) is 0.598. The second kappa shape index (κ2) is 9.39. The second-order valence-corrected chi connectivity index (χ2v) is 8.41. The summed E-state index contributed by atoms with van der Waals surface area (Å²) in [6.07, 6.45) is 6.63. The van der Waals surface area contributed by atoms with Gasteiger partial charge in [-0.1, -0.05) is 36.4 Å². The summed E-state index contributed by atoms with van der Waals surface area (Å²) in [4.78, 5) is 26.5. The number of benzene rings is 2. The van der Waals surface area contributed by atoms with Crippen LogP contribution >= 0.6 is 0 Å². The Bertz CT molecular complexity index is 1310. The molecule has 0 radical (unpaired) electrons. The molecule has 7 nitrogen and oxygen atoms in total. The minimum Gasteiger partial charge on any atom is -0.454 e. The number of fused-ring (bicyclic) bond motifs is 1. The van der Waals surface area contributed by atoms with Gasteiger partial charge in [0.25, 0.3) is 0 Å². The molecule has 1 aliphatic heterocycles. The monoisotopic (exact) mass is 454 g/mol. The number of aromatic nitrogens is 2. The van der Waals surface area contributed by atoms with E-state index in [9.17, 15) is 9.59 Å². The van der Waals surface area contributed by atoms with Crippen molar-refractivity contribution in [2.45, 2.75) is 12.8 Å². The number of para-hydroxylation sites is 2. The lowest BCUT2D eigenvalue weighted by atomic mass is 9.96.